The molecule has 0 aliphatic rings. The van der Waals surface area contributed by atoms with Crippen LogP contribution in [0.1, 0.15) is 21.6 Å². The van der Waals surface area contributed by atoms with E-state index in [1.165, 1.54) is 12.1 Å². The van der Waals surface area contributed by atoms with E-state index in [2.05, 4.69) is 10.4 Å². The first-order valence-corrected chi connectivity index (χ1v) is 7.46. The van der Waals surface area contributed by atoms with Crippen LogP contribution in [0.4, 0.5) is 19.0 Å². The van der Waals surface area contributed by atoms with E-state index in [9.17, 15) is 18.0 Å². The first-order valence-electron chi connectivity index (χ1n) is 7.46. The molecule has 1 amide bonds. The third-order valence-electron chi connectivity index (χ3n) is 3.61. The molecule has 7 heteroatoms. The smallest absolute Gasteiger partial charge is 0.305 e. The Hall–Kier alpha value is -3.09. The van der Waals surface area contributed by atoms with E-state index in [-0.39, 0.29) is 5.82 Å². The summed E-state index contributed by atoms with van der Waals surface area (Å²) in [6.07, 6.45) is -4.60. The van der Waals surface area contributed by atoms with Crippen LogP contribution in [-0.2, 0) is 6.18 Å². The number of halogens is 3. The second kappa shape index (κ2) is 6.43. The number of nitrogens with one attached hydrogen (secondary N) is 1. The second-order valence-corrected chi connectivity index (χ2v) is 5.42. The summed E-state index contributed by atoms with van der Waals surface area (Å²) >= 11 is 0. The molecule has 2 aromatic carbocycles. The summed E-state index contributed by atoms with van der Waals surface area (Å²) < 4.78 is 40.7. The quantitative estimate of drug-likeness (QED) is 0.762. The van der Waals surface area contributed by atoms with Gasteiger partial charge in [0.2, 0.25) is 0 Å². The van der Waals surface area contributed by atoms with Gasteiger partial charge in [-0.05, 0) is 31.2 Å². The minimum atomic E-state index is -4.60. The molecule has 1 heterocycles. The second-order valence-electron chi connectivity index (χ2n) is 5.42. The monoisotopic (exact) mass is 345 g/mol. The average molecular weight is 345 g/mol. The molecule has 0 fully saturated rings. The molecule has 0 unspecified atom stereocenters. The van der Waals surface area contributed by atoms with Gasteiger partial charge in [0.1, 0.15) is 0 Å². The van der Waals surface area contributed by atoms with Gasteiger partial charge in [-0.1, -0.05) is 30.3 Å². The molecular weight excluding hydrogens is 331 g/mol. The number of aryl methyl sites for hydroxylation is 1. The summed E-state index contributed by atoms with van der Waals surface area (Å²) in [7, 11) is 0. The highest BCUT2D eigenvalue weighted by Gasteiger charge is 2.34. The van der Waals surface area contributed by atoms with E-state index in [4.69, 9.17) is 0 Å². The van der Waals surface area contributed by atoms with Gasteiger partial charge in [-0.2, -0.15) is 13.2 Å². The number of hydrogen-bond donors (Lipinski definition) is 1. The summed E-state index contributed by atoms with van der Waals surface area (Å²) in [4.78, 5) is 12.3. The first-order chi connectivity index (χ1) is 11.9. The lowest BCUT2D eigenvalue weighted by Gasteiger charge is -2.11. The molecule has 4 nitrogen and oxygen atoms in total. The fourth-order valence-corrected chi connectivity index (χ4v) is 2.48. The van der Waals surface area contributed by atoms with E-state index >= 15 is 0 Å². The molecule has 0 aliphatic heterocycles. The van der Waals surface area contributed by atoms with Crippen LogP contribution in [0.5, 0.6) is 0 Å². The molecule has 0 saturated heterocycles. The number of para-hydroxylation sites is 1. The van der Waals surface area contributed by atoms with Gasteiger partial charge in [0.05, 0.1) is 16.8 Å². The third-order valence-corrected chi connectivity index (χ3v) is 3.61. The molecule has 1 N–H and O–H groups in total. The van der Waals surface area contributed by atoms with Crippen LogP contribution in [0.2, 0.25) is 0 Å². The predicted octanol–water partition coefficient (Wildman–Crippen LogP) is 4.45. The molecular formula is C18H14F3N3O. The van der Waals surface area contributed by atoms with Gasteiger partial charge in [-0.3, -0.25) is 4.79 Å². The van der Waals surface area contributed by atoms with Crippen molar-refractivity contribution in [1.29, 1.82) is 0 Å². The Kier molecular flexibility index (Phi) is 4.31. The molecule has 3 aromatic rings. The Morgan fingerprint density at radius 2 is 1.68 bits per heavy atom. The molecule has 25 heavy (non-hydrogen) atoms. The Morgan fingerprint density at radius 3 is 2.36 bits per heavy atom. The largest absolute Gasteiger partial charge is 0.417 e. The molecule has 0 atom stereocenters. The van der Waals surface area contributed by atoms with Crippen molar-refractivity contribution in [1.82, 2.24) is 9.78 Å². The lowest BCUT2D eigenvalue weighted by molar-refractivity contribution is -0.137. The number of hydrogen-bond acceptors (Lipinski definition) is 2. The van der Waals surface area contributed by atoms with Crippen molar-refractivity contribution >= 4 is 11.7 Å². The van der Waals surface area contributed by atoms with E-state index < -0.39 is 23.2 Å². The maximum absolute atomic E-state index is 13.0. The number of carbonyl (C=O) groups is 1. The first kappa shape index (κ1) is 16.8. The standard InChI is InChI=1S/C18H14F3N3O/c1-12-11-16(23-24(12)13-7-3-2-4-8-13)22-17(25)14-9-5-6-10-15(14)18(19,20)21/h2-11H,1H3,(H,22,23,25). The Morgan fingerprint density at radius 1 is 1.04 bits per heavy atom. The van der Waals surface area contributed by atoms with Crippen LogP contribution in [0.15, 0.2) is 60.7 Å². The number of carbonyl (C=O) groups excluding carboxylic acids is 1. The van der Waals surface area contributed by atoms with Crippen molar-refractivity contribution in [2.75, 3.05) is 5.32 Å². The highest BCUT2D eigenvalue weighted by molar-refractivity contribution is 6.05. The lowest BCUT2D eigenvalue weighted by atomic mass is 10.1. The Balaban J connectivity index is 1.88. The molecule has 1 aromatic heterocycles. The van der Waals surface area contributed by atoms with E-state index in [1.807, 2.05) is 30.3 Å². The van der Waals surface area contributed by atoms with Crippen molar-refractivity contribution in [3.63, 3.8) is 0 Å². The normalized spacial score (nSPS) is 11.4. The summed E-state index contributed by atoms with van der Waals surface area (Å²) in [6, 6.07) is 15.5. The number of nitrogens with zero attached hydrogens (tertiary/aromatic N) is 2. The van der Waals surface area contributed by atoms with Crippen LogP contribution < -0.4 is 5.32 Å². The molecule has 3 rings (SSSR count). The summed E-state index contributed by atoms with van der Waals surface area (Å²) in [5.41, 5.74) is 0.107. The number of alkyl halides is 3. The van der Waals surface area contributed by atoms with Crippen molar-refractivity contribution in [3.8, 4) is 5.69 Å². The maximum atomic E-state index is 13.0. The minimum Gasteiger partial charge on any atom is -0.305 e. The predicted molar refractivity (Wildman–Crippen MR) is 87.7 cm³/mol. The van der Waals surface area contributed by atoms with Gasteiger partial charge in [0, 0.05) is 11.8 Å². The Bertz CT molecular complexity index is 901. The van der Waals surface area contributed by atoms with Crippen LogP contribution >= 0.6 is 0 Å². The van der Waals surface area contributed by atoms with Crippen LogP contribution in [-0.4, -0.2) is 15.7 Å². The van der Waals surface area contributed by atoms with Gasteiger partial charge in [0.25, 0.3) is 5.91 Å². The SMILES string of the molecule is Cc1cc(NC(=O)c2ccccc2C(F)(F)F)nn1-c1ccccc1. The van der Waals surface area contributed by atoms with E-state index in [0.717, 1.165) is 23.5 Å². The van der Waals surface area contributed by atoms with Crippen molar-refractivity contribution in [2.45, 2.75) is 13.1 Å². The van der Waals surface area contributed by atoms with E-state index in [1.54, 1.807) is 17.7 Å². The number of rotatable bonds is 3. The molecule has 0 spiro atoms. The molecule has 0 radical (unpaired) electrons. The molecule has 0 aliphatic carbocycles. The van der Waals surface area contributed by atoms with Gasteiger partial charge in [-0.25, -0.2) is 4.68 Å². The maximum Gasteiger partial charge on any atom is 0.417 e. The van der Waals surface area contributed by atoms with Gasteiger partial charge in [-0.15, -0.1) is 5.10 Å². The van der Waals surface area contributed by atoms with Gasteiger partial charge in [0.15, 0.2) is 5.82 Å². The van der Waals surface area contributed by atoms with Crippen LogP contribution in [0, 0.1) is 6.92 Å². The van der Waals surface area contributed by atoms with E-state index in [0.29, 0.717) is 0 Å². The topological polar surface area (TPSA) is 46.9 Å². The number of aromatic nitrogens is 2. The fraction of sp³-hybridized carbons (Fsp3) is 0.111. The van der Waals surface area contributed by atoms with Crippen molar-refractivity contribution < 1.29 is 18.0 Å². The average Bonchev–Trinajstić information content (AvgIpc) is 2.95. The number of amides is 1. The van der Waals surface area contributed by atoms with Crippen LogP contribution in [0.25, 0.3) is 5.69 Å². The lowest BCUT2D eigenvalue weighted by Crippen LogP contribution is -2.19. The zero-order valence-electron chi connectivity index (χ0n) is 13.2. The molecule has 128 valence electrons. The highest BCUT2D eigenvalue weighted by Crippen LogP contribution is 2.32. The molecule has 0 bridgehead atoms. The minimum absolute atomic E-state index is 0.184. The van der Waals surface area contributed by atoms with Crippen molar-refractivity contribution in [2.24, 2.45) is 0 Å². The zero-order valence-corrected chi connectivity index (χ0v) is 13.2. The molecule has 0 saturated carbocycles. The summed E-state index contributed by atoms with van der Waals surface area (Å²) in [5, 5.41) is 6.67. The van der Waals surface area contributed by atoms with Crippen molar-refractivity contribution in [3.05, 3.63) is 77.5 Å². The number of benzene rings is 2. The Labute approximate surface area is 141 Å². The van der Waals surface area contributed by atoms with Gasteiger partial charge >= 0.3 is 6.18 Å². The third kappa shape index (κ3) is 3.55. The van der Waals surface area contributed by atoms with Crippen LogP contribution in [0.3, 0.4) is 0 Å². The zero-order chi connectivity index (χ0) is 18.0. The number of anilines is 1. The highest BCUT2D eigenvalue weighted by atomic mass is 19.4. The summed E-state index contributed by atoms with van der Waals surface area (Å²) in [6.45, 7) is 1.79. The summed E-state index contributed by atoms with van der Waals surface area (Å²) in [5.74, 6) is -0.672. The van der Waals surface area contributed by atoms with Gasteiger partial charge < -0.3 is 5.32 Å². The fourth-order valence-electron chi connectivity index (χ4n) is 2.48.